The number of halogens is 8. The Labute approximate surface area is 764 Å². The molecule has 12 heteroatoms. The normalized spacial score (nSPS) is 12.1. The lowest BCUT2D eigenvalue weighted by Crippen LogP contribution is -2.15. The van der Waals surface area contributed by atoms with Crippen molar-refractivity contribution >= 4 is 133 Å². The third kappa shape index (κ3) is 16.1. The van der Waals surface area contributed by atoms with Gasteiger partial charge < -0.3 is 19.6 Å². The maximum Gasteiger partial charge on any atom is 0.150 e. The van der Waals surface area contributed by atoms with E-state index in [2.05, 4.69) is 132 Å². The zero-order valence-electron chi connectivity index (χ0n) is 75.5. The fourth-order valence-corrected chi connectivity index (χ4v) is 18.8. The quantitative estimate of drug-likeness (QED) is 0.0706. The summed E-state index contributed by atoms with van der Waals surface area (Å²) in [6, 6.07) is 112. The van der Waals surface area contributed by atoms with Crippen LogP contribution in [0.3, 0.4) is 0 Å². The standard InChI is InChI=1S/2C60H48F4N2/c1-59(2,3)41-17-13-15-39(31-41)49-33-43(61)35-51(63)57(49)65(45-19-9-7-10-20-45)53-29-25-37-24-28-48-54(30-26-38-23-27-47(53)55(37)56(38)48)66(46-21-11-8-12-22-46)58-50(34-44(62)36-52(58)64)40-16-14-18-42(32-40)60(4,5)6;1-59(2,3)41-25-17-37(18-26-41)49-33-43(61)35-51(63)57(49)65(45-13-9-7-10-14-45)53-31-23-39-22-30-48-54(32-24-40-21-29-47(53)55(39)56(40)48)66(46-15-11-8-12-16-46)58-50(34-44(62)36-52(58)64)38-19-27-42(28-20-38)60(4,5)6/h2*7-36H,1-6H3. The van der Waals surface area contributed by atoms with Crippen molar-refractivity contribution in [2.45, 2.75) is 105 Å². The SMILES string of the molecule is CC(C)(C)c1ccc(-c2cc(F)cc(F)c2N(c2ccccc2)c2ccc3ccc4c(N(c5ccccc5)c5c(F)cc(F)cc5-c5ccc(C(C)(C)C)cc5)ccc5ccc2c3c54)cc1.CC(C)(C)c1cccc(-c2cc(F)cc(F)c2N(c2ccccc2)c2ccc3ccc4c(N(c5ccccc5)c5c(F)cc(F)cc5-c5cccc(C(C)(C)C)c5)ccc5ccc2c3c54)c1. The summed E-state index contributed by atoms with van der Waals surface area (Å²) in [7, 11) is 0. The third-order valence-corrected chi connectivity index (χ3v) is 25.5. The highest BCUT2D eigenvalue weighted by molar-refractivity contribution is 6.30. The minimum Gasteiger partial charge on any atom is -0.307 e. The second kappa shape index (κ2) is 33.9. The summed E-state index contributed by atoms with van der Waals surface area (Å²) >= 11 is 0. The molecule has 0 N–H and O–H groups in total. The number of nitrogens with zero attached hydrogens (tertiary/aromatic N) is 4. The lowest BCUT2D eigenvalue weighted by molar-refractivity contribution is 0.584. The van der Waals surface area contributed by atoms with E-state index in [0.29, 0.717) is 90.0 Å². The Morgan fingerprint density at radius 2 is 0.402 bits per heavy atom. The van der Waals surface area contributed by atoms with E-state index >= 15 is 35.1 Å². The van der Waals surface area contributed by atoms with E-state index in [1.807, 2.05) is 287 Å². The molecule has 20 aromatic carbocycles. The number of para-hydroxylation sites is 4. The van der Waals surface area contributed by atoms with Crippen LogP contribution < -0.4 is 19.6 Å². The average Bonchev–Trinajstić information content (AvgIpc) is 0.717. The van der Waals surface area contributed by atoms with Gasteiger partial charge in [0.15, 0.2) is 23.3 Å². The number of hydrogen-bond donors (Lipinski definition) is 0. The van der Waals surface area contributed by atoms with Gasteiger partial charge in [-0.2, -0.15) is 0 Å². The van der Waals surface area contributed by atoms with Crippen molar-refractivity contribution in [1.82, 2.24) is 0 Å². The number of benzene rings is 20. The molecule has 0 aromatic heterocycles. The van der Waals surface area contributed by atoms with Crippen LogP contribution in [0.4, 0.5) is 103 Å². The van der Waals surface area contributed by atoms with E-state index in [4.69, 9.17) is 0 Å². The minimum atomic E-state index is -0.703. The molecule has 132 heavy (non-hydrogen) atoms. The third-order valence-electron chi connectivity index (χ3n) is 25.5. The first-order chi connectivity index (χ1) is 63.3. The van der Waals surface area contributed by atoms with Crippen LogP contribution in [0.2, 0.25) is 0 Å². The summed E-state index contributed by atoms with van der Waals surface area (Å²) in [5.74, 6) is -5.50. The van der Waals surface area contributed by atoms with Gasteiger partial charge in [-0.15, -0.1) is 0 Å². The molecule has 652 valence electrons. The van der Waals surface area contributed by atoms with Crippen LogP contribution in [0.1, 0.15) is 105 Å². The van der Waals surface area contributed by atoms with Gasteiger partial charge in [-0.25, -0.2) is 35.1 Å². The van der Waals surface area contributed by atoms with Gasteiger partial charge in [0, 0.05) is 90.8 Å². The van der Waals surface area contributed by atoms with Crippen LogP contribution in [0, 0.1) is 46.5 Å². The molecular weight excluding hydrogens is 1650 g/mol. The highest BCUT2D eigenvalue weighted by atomic mass is 19.2. The molecular formula is C120H96F8N4. The van der Waals surface area contributed by atoms with Crippen LogP contribution in [-0.2, 0) is 21.7 Å². The lowest BCUT2D eigenvalue weighted by atomic mass is 9.85. The van der Waals surface area contributed by atoms with Crippen LogP contribution in [0.5, 0.6) is 0 Å². The first kappa shape index (κ1) is 86.5. The molecule has 0 fully saturated rings. The molecule has 0 saturated carbocycles. The Morgan fingerprint density at radius 1 is 0.182 bits per heavy atom. The smallest absolute Gasteiger partial charge is 0.150 e. The Kier molecular flexibility index (Phi) is 22.2. The molecule has 0 heterocycles. The van der Waals surface area contributed by atoms with Gasteiger partial charge in [0.1, 0.15) is 23.3 Å². The van der Waals surface area contributed by atoms with E-state index in [-0.39, 0.29) is 44.4 Å². The summed E-state index contributed by atoms with van der Waals surface area (Å²) in [5.41, 5.74) is 14.4. The van der Waals surface area contributed by atoms with Crippen molar-refractivity contribution in [2.75, 3.05) is 19.6 Å². The zero-order valence-corrected chi connectivity index (χ0v) is 75.5. The van der Waals surface area contributed by atoms with Gasteiger partial charge in [-0.3, -0.25) is 0 Å². The highest BCUT2D eigenvalue weighted by Gasteiger charge is 2.34. The van der Waals surface area contributed by atoms with Crippen molar-refractivity contribution in [3.8, 4) is 44.5 Å². The van der Waals surface area contributed by atoms with Crippen molar-refractivity contribution in [3.63, 3.8) is 0 Å². The molecule has 0 aliphatic rings. The number of rotatable bonds is 16. The lowest BCUT2D eigenvalue weighted by Gasteiger charge is -2.31. The molecule has 0 amide bonds. The highest BCUT2D eigenvalue weighted by Crippen LogP contribution is 2.56. The molecule has 0 aliphatic heterocycles. The summed E-state index contributed by atoms with van der Waals surface area (Å²) < 4.78 is 130. The van der Waals surface area contributed by atoms with Crippen LogP contribution >= 0.6 is 0 Å². The Morgan fingerprint density at radius 3 is 0.629 bits per heavy atom. The van der Waals surface area contributed by atoms with Gasteiger partial charge in [-0.1, -0.05) is 326 Å². The maximum absolute atomic E-state index is 17.0. The van der Waals surface area contributed by atoms with Gasteiger partial charge >= 0.3 is 0 Å². The van der Waals surface area contributed by atoms with Crippen molar-refractivity contribution in [3.05, 3.63) is 433 Å². The topological polar surface area (TPSA) is 13.0 Å². The summed E-state index contributed by atoms with van der Waals surface area (Å²) in [4.78, 5) is 7.55. The van der Waals surface area contributed by atoms with E-state index in [0.717, 1.165) is 111 Å². The largest absolute Gasteiger partial charge is 0.307 e. The fourth-order valence-electron chi connectivity index (χ4n) is 18.8. The average molecular weight is 1750 g/mol. The van der Waals surface area contributed by atoms with Crippen LogP contribution in [0.15, 0.2) is 364 Å². The minimum absolute atomic E-state index is 0.113. The Balaban J connectivity index is 0.000000170. The first-order valence-corrected chi connectivity index (χ1v) is 44.5. The number of hydrogen-bond acceptors (Lipinski definition) is 4. The molecule has 0 saturated heterocycles. The second-order valence-electron chi connectivity index (χ2n) is 38.3. The van der Waals surface area contributed by atoms with E-state index in [9.17, 15) is 0 Å². The molecule has 4 nitrogen and oxygen atoms in total. The molecule has 0 aliphatic carbocycles. The maximum atomic E-state index is 17.0. The van der Waals surface area contributed by atoms with Gasteiger partial charge in [0.2, 0.25) is 0 Å². The zero-order chi connectivity index (χ0) is 92.1. The molecule has 0 atom stereocenters. The summed E-state index contributed by atoms with van der Waals surface area (Å²) in [6.07, 6.45) is 0. The summed E-state index contributed by atoms with van der Waals surface area (Å²) in [5, 5.41) is 10.9. The van der Waals surface area contributed by atoms with Crippen molar-refractivity contribution in [1.29, 1.82) is 0 Å². The monoisotopic (exact) mass is 1740 g/mol. The van der Waals surface area contributed by atoms with E-state index in [1.165, 1.54) is 24.3 Å². The van der Waals surface area contributed by atoms with Crippen molar-refractivity contribution in [2.24, 2.45) is 0 Å². The van der Waals surface area contributed by atoms with Gasteiger partial charge in [0.05, 0.1) is 45.5 Å². The predicted octanol–water partition coefficient (Wildman–Crippen LogP) is 36.0. The number of anilines is 12. The van der Waals surface area contributed by atoms with Crippen LogP contribution in [0.25, 0.3) is 109 Å². The summed E-state index contributed by atoms with van der Waals surface area (Å²) in [6.45, 7) is 25.5. The first-order valence-electron chi connectivity index (χ1n) is 44.5. The van der Waals surface area contributed by atoms with Gasteiger partial charge in [0.25, 0.3) is 0 Å². The predicted molar refractivity (Wildman–Crippen MR) is 535 cm³/mol. The second-order valence-corrected chi connectivity index (χ2v) is 38.3. The molecule has 0 unspecified atom stereocenters. The molecule has 20 rings (SSSR count). The van der Waals surface area contributed by atoms with E-state index < -0.39 is 46.5 Å². The Hall–Kier alpha value is -14.9. The molecule has 0 radical (unpaired) electrons. The van der Waals surface area contributed by atoms with Gasteiger partial charge in [-0.05, 0) is 206 Å². The van der Waals surface area contributed by atoms with E-state index in [1.54, 1.807) is 0 Å². The Bertz CT molecular complexity index is 7310. The molecule has 20 aromatic rings. The molecule has 0 bridgehead atoms. The van der Waals surface area contributed by atoms with Crippen LogP contribution in [-0.4, -0.2) is 0 Å². The fraction of sp³-hybridized carbons (Fsp3) is 0.133. The van der Waals surface area contributed by atoms with Crippen molar-refractivity contribution < 1.29 is 35.1 Å². The molecule has 0 spiro atoms.